The lowest BCUT2D eigenvalue weighted by Gasteiger charge is -2.39. The van der Waals surface area contributed by atoms with Gasteiger partial charge in [-0.3, -0.25) is 9.78 Å². The van der Waals surface area contributed by atoms with E-state index in [1.165, 1.54) is 18.3 Å². The molecule has 1 atom stereocenters. The van der Waals surface area contributed by atoms with Crippen molar-refractivity contribution in [2.45, 2.75) is 83.2 Å². The summed E-state index contributed by atoms with van der Waals surface area (Å²) in [7, 11) is 0. The molecular formula is C38H41F2N5O5. The Labute approximate surface area is 289 Å². The van der Waals surface area contributed by atoms with E-state index in [2.05, 4.69) is 25.6 Å². The Morgan fingerprint density at radius 3 is 2.44 bits per heavy atom. The smallest absolute Gasteiger partial charge is 0.407 e. The van der Waals surface area contributed by atoms with Gasteiger partial charge >= 0.3 is 12.1 Å². The van der Waals surface area contributed by atoms with Crippen molar-refractivity contribution < 1.29 is 33.0 Å². The summed E-state index contributed by atoms with van der Waals surface area (Å²) in [6, 6.07) is 19.3. The van der Waals surface area contributed by atoms with Gasteiger partial charge in [-0.05, 0) is 93.0 Å². The Kier molecular flexibility index (Phi) is 10.7. The van der Waals surface area contributed by atoms with Gasteiger partial charge in [0, 0.05) is 42.4 Å². The SMILES string of the molecule is Cc1cc(Nc2cc(C(F)F)ccn2)nc(-c2ccc([C@](C)(O)C3CCC(C(=O)OC4CC(NC(=O)OCc5ccccc5)C4)CC3)nc2)c1. The van der Waals surface area contributed by atoms with E-state index < -0.39 is 18.1 Å². The minimum Gasteiger partial charge on any atom is -0.462 e. The number of nitrogens with one attached hydrogen (secondary N) is 2. The zero-order valence-electron chi connectivity index (χ0n) is 28.0. The van der Waals surface area contributed by atoms with Gasteiger partial charge < -0.3 is 25.2 Å². The number of benzene rings is 1. The number of halogens is 2. The molecule has 50 heavy (non-hydrogen) atoms. The summed E-state index contributed by atoms with van der Waals surface area (Å²) in [5.41, 5.74) is 2.37. The van der Waals surface area contributed by atoms with Gasteiger partial charge in [0.25, 0.3) is 6.43 Å². The Morgan fingerprint density at radius 2 is 1.74 bits per heavy atom. The summed E-state index contributed by atoms with van der Waals surface area (Å²) in [5, 5.41) is 17.4. The fourth-order valence-electron chi connectivity index (χ4n) is 6.58. The lowest BCUT2D eigenvalue weighted by Crippen LogP contribution is -2.49. The molecule has 0 bridgehead atoms. The highest BCUT2D eigenvalue weighted by molar-refractivity contribution is 5.73. The standard InChI is InChI=1S/C38H41F2N5O5/c1-23-16-31(44-34(17-23)45-33-18-26(35(39)40)14-15-41-33)27-10-13-32(42-21-27)38(2,48)28-11-8-25(9-12-28)36(46)50-30-19-29(20-30)43-37(47)49-22-24-6-4-3-5-7-24/h3-7,10,13-18,21,25,28-30,35,48H,8-9,11-12,19-20,22H2,1-2H3,(H,43,47)(H,41,44,45)/t25?,28?,29?,30?,38-/m1/s1. The van der Waals surface area contributed by atoms with Crippen molar-refractivity contribution in [3.63, 3.8) is 0 Å². The third-order valence-electron chi connectivity index (χ3n) is 9.61. The number of aryl methyl sites for hydroxylation is 1. The monoisotopic (exact) mass is 685 g/mol. The summed E-state index contributed by atoms with van der Waals surface area (Å²) in [4.78, 5) is 38.4. The normalized spacial score (nSPS) is 21.4. The third-order valence-corrected chi connectivity index (χ3v) is 9.61. The van der Waals surface area contributed by atoms with Gasteiger partial charge in [-0.2, -0.15) is 0 Å². The average molecular weight is 686 g/mol. The van der Waals surface area contributed by atoms with Crippen LogP contribution < -0.4 is 10.6 Å². The van der Waals surface area contributed by atoms with Crippen LogP contribution in [0.25, 0.3) is 11.3 Å². The van der Waals surface area contributed by atoms with Crippen LogP contribution in [-0.2, 0) is 26.5 Å². The fourth-order valence-corrected chi connectivity index (χ4v) is 6.58. The van der Waals surface area contributed by atoms with E-state index in [9.17, 15) is 23.5 Å². The molecule has 3 heterocycles. The first-order chi connectivity index (χ1) is 24.0. The summed E-state index contributed by atoms with van der Waals surface area (Å²) < 4.78 is 37.3. The van der Waals surface area contributed by atoms with Crippen molar-refractivity contribution in [3.8, 4) is 11.3 Å². The summed E-state index contributed by atoms with van der Waals surface area (Å²) in [6.45, 7) is 3.87. The number of ether oxygens (including phenoxy) is 2. The molecule has 0 radical (unpaired) electrons. The number of carbonyl (C=O) groups excluding carboxylic acids is 2. The van der Waals surface area contributed by atoms with E-state index in [0.717, 1.165) is 16.7 Å². The second-order valence-electron chi connectivity index (χ2n) is 13.4. The number of alkyl carbamates (subject to hydrolysis) is 1. The molecule has 262 valence electrons. The molecule has 6 rings (SSSR count). The van der Waals surface area contributed by atoms with E-state index in [-0.39, 0.29) is 47.9 Å². The highest BCUT2D eigenvalue weighted by Crippen LogP contribution is 2.41. The fraction of sp³-hybridized carbons (Fsp3) is 0.395. The van der Waals surface area contributed by atoms with Crippen molar-refractivity contribution >= 4 is 23.7 Å². The molecule has 0 aliphatic heterocycles. The molecule has 3 aromatic heterocycles. The molecule has 2 aliphatic rings. The molecule has 2 fully saturated rings. The minimum absolute atomic E-state index is 0.0867. The maximum absolute atomic E-state index is 13.1. The van der Waals surface area contributed by atoms with Gasteiger partial charge in [0.1, 0.15) is 29.9 Å². The molecule has 2 saturated carbocycles. The molecule has 1 amide bonds. The second-order valence-corrected chi connectivity index (χ2v) is 13.4. The number of amides is 1. The first-order valence-electron chi connectivity index (χ1n) is 16.9. The molecule has 10 nitrogen and oxygen atoms in total. The van der Waals surface area contributed by atoms with Crippen LogP contribution in [0.1, 0.15) is 74.3 Å². The van der Waals surface area contributed by atoms with Gasteiger partial charge in [0.05, 0.1) is 17.3 Å². The number of carbonyl (C=O) groups is 2. The van der Waals surface area contributed by atoms with E-state index in [1.54, 1.807) is 25.3 Å². The largest absolute Gasteiger partial charge is 0.462 e. The molecular weight excluding hydrogens is 644 g/mol. The molecule has 0 spiro atoms. The zero-order chi connectivity index (χ0) is 35.3. The van der Waals surface area contributed by atoms with Crippen LogP contribution in [-0.4, -0.2) is 44.3 Å². The lowest BCUT2D eigenvalue weighted by molar-refractivity contribution is -0.161. The van der Waals surface area contributed by atoms with Gasteiger partial charge in [-0.25, -0.2) is 23.5 Å². The first kappa shape index (κ1) is 34.9. The van der Waals surface area contributed by atoms with Crippen LogP contribution in [0.2, 0.25) is 0 Å². The second kappa shape index (κ2) is 15.3. The van der Waals surface area contributed by atoms with Crippen LogP contribution in [0.3, 0.4) is 0 Å². The van der Waals surface area contributed by atoms with Crippen LogP contribution in [0.15, 0.2) is 79.1 Å². The maximum Gasteiger partial charge on any atom is 0.407 e. The Bertz CT molecular complexity index is 1780. The predicted octanol–water partition coefficient (Wildman–Crippen LogP) is 7.54. The average Bonchev–Trinajstić information content (AvgIpc) is 3.10. The number of alkyl halides is 2. The first-order valence-corrected chi connectivity index (χ1v) is 16.9. The number of aliphatic hydroxyl groups is 1. The molecule has 1 aromatic carbocycles. The quantitative estimate of drug-likeness (QED) is 0.137. The van der Waals surface area contributed by atoms with Gasteiger partial charge in [-0.15, -0.1) is 0 Å². The molecule has 0 saturated heterocycles. The van der Waals surface area contributed by atoms with Crippen molar-refractivity contribution in [2.24, 2.45) is 11.8 Å². The van der Waals surface area contributed by atoms with Crippen LogP contribution in [0, 0.1) is 18.8 Å². The van der Waals surface area contributed by atoms with Gasteiger partial charge in [0.2, 0.25) is 0 Å². The number of anilines is 2. The predicted molar refractivity (Wildman–Crippen MR) is 182 cm³/mol. The minimum atomic E-state index is -2.60. The Morgan fingerprint density at radius 1 is 0.980 bits per heavy atom. The molecule has 12 heteroatoms. The van der Waals surface area contributed by atoms with Crippen LogP contribution in [0.4, 0.5) is 25.2 Å². The summed E-state index contributed by atoms with van der Waals surface area (Å²) >= 11 is 0. The van der Waals surface area contributed by atoms with E-state index >= 15 is 0 Å². The Hall–Kier alpha value is -4.97. The number of hydrogen-bond acceptors (Lipinski definition) is 9. The topological polar surface area (TPSA) is 136 Å². The number of hydrogen-bond donors (Lipinski definition) is 3. The van der Waals surface area contributed by atoms with E-state index in [4.69, 9.17) is 9.47 Å². The van der Waals surface area contributed by atoms with Gasteiger partial charge in [0.15, 0.2) is 0 Å². The summed E-state index contributed by atoms with van der Waals surface area (Å²) in [6.07, 6.45) is 3.29. The molecule has 0 unspecified atom stereocenters. The van der Waals surface area contributed by atoms with E-state index in [0.29, 0.717) is 55.7 Å². The van der Waals surface area contributed by atoms with Crippen molar-refractivity contribution in [2.75, 3.05) is 5.32 Å². The number of pyridine rings is 3. The number of nitrogens with zero attached hydrogens (tertiary/aromatic N) is 3. The zero-order valence-corrected chi connectivity index (χ0v) is 28.0. The number of esters is 1. The van der Waals surface area contributed by atoms with Crippen LogP contribution >= 0.6 is 0 Å². The molecule has 2 aliphatic carbocycles. The van der Waals surface area contributed by atoms with Crippen molar-refractivity contribution in [3.05, 3.63) is 102 Å². The molecule has 3 N–H and O–H groups in total. The number of rotatable bonds is 11. The third kappa shape index (κ3) is 8.60. The maximum atomic E-state index is 13.1. The highest BCUT2D eigenvalue weighted by Gasteiger charge is 2.41. The highest BCUT2D eigenvalue weighted by atomic mass is 19.3. The number of aromatic nitrogens is 3. The van der Waals surface area contributed by atoms with Gasteiger partial charge in [-0.1, -0.05) is 30.3 Å². The van der Waals surface area contributed by atoms with Crippen LogP contribution in [0.5, 0.6) is 0 Å². The lowest BCUT2D eigenvalue weighted by atomic mass is 9.72. The van der Waals surface area contributed by atoms with Crippen molar-refractivity contribution in [1.29, 1.82) is 0 Å². The van der Waals surface area contributed by atoms with Crippen molar-refractivity contribution in [1.82, 2.24) is 20.3 Å². The summed E-state index contributed by atoms with van der Waals surface area (Å²) in [5.74, 6) is 0.176. The van der Waals surface area contributed by atoms with E-state index in [1.807, 2.05) is 49.4 Å². The molecule has 4 aromatic rings. The Balaban J connectivity index is 0.968.